The van der Waals surface area contributed by atoms with Gasteiger partial charge in [-0.1, -0.05) is 12.1 Å². The van der Waals surface area contributed by atoms with E-state index in [1.807, 2.05) is 0 Å². The van der Waals surface area contributed by atoms with E-state index in [1.165, 1.54) is 22.2 Å². The molecule has 84 valence electrons. The number of hydrogen-bond donors (Lipinski definition) is 1. The first-order valence-corrected chi connectivity index (χ1v) is 5.68. The summed E-state index contributed by atoms with van der Waals surface area (Å²) in [6.07, 6.45) is 0. The molecule has 1 aliphatic rings. The largest absolute Gasteiger partial charge is 0.494 e. The van der Waals surface area contributed by atoms with Gasteiger partial charge in [-0.2, -0.15) is 0 Å². The fourth-order valence-corrected chi connectivity index (χ4v) is 2.63. The molecule has 0 saturated heterocycles. The van der Waals surface area contributed by atoms with Gasteiger partial charge in [0.2, 0.25) is 0 Å². The Labute approximate surface area is 95.0 Å². The first-order valence-electron chi connectivity index (χ1n) is 5.68. The van der Waals surface area contributed by atoms with Crippen LogP contribution in [-0.4, -0.2) is 18.2 Å². The predicted octanol–water partition coefficient (Wildman–Crippen LogP) is 2.06. The van der Waals surface area contributed by atoms with Crippen molar-refractivity contribution in [2.45, 2.75) is 20.0 Å². The summed E-state index contributed by atoms with van der Waals surface area (Å²) in [5.74, 6) is 1.04. The lowest BCUT2D eigenvalue weighted by Gasteiger charge is -2.17. The molecule has 0 fully saturated rings. The highest BCUT2D eigenvalue weighted by Crippen LogP contribution is 2.36. The summed E-state index contributed by atoms with van der Waals surface area (Å²) in [6, 6.07) is 6.44. The number of nitrogens with one attached hydrogen (secondary N) is 1. The Kier molecular flexibility index (Phi) is 2.14. The molecular formula is C13H16N2O. The van der Waals surface area contributed by atoms with Crippen molar-refractivity contribution in [1.82, 2.24) is 9.88 Å². The number of fused-ring (bicyclic) bond motifs is 3. The molecule has 0 spiro atoms. The highest BCUT2D eigenvalue weighted by atomic mass is 16.5. The van der Waals surface area contributed by atoms with Crippen molar-refractivity contribution in [1.29, 1.82) is 0 Å². The van der Waals surface area contributed by atoms with E-state index in [9.17, 15) is 0 Å². The number of methoxy groups -OCH3 is 1. The third-order valence-electron chi connectivity index (χ3n) is 3.37. The molecule has 0 amide bonds. The SMILES string of the molecule is COc1c2n(c3cccc(C)c13)CCNC2. The highest BCUT2D eigenvalue weighted by molar-refractivity contribution is 5.91. The molecule has 3 nitrogen and oxygen atoms in total. The smallest absolute Gasteiger partial charge is 0.149 e. The van der Waals surface area contributed by atoms with Crippen molar-refractivity contribution in [3.05, 3.63) is 29.5 Å². The molecule has 2 aromatic rings. The molecule has 2 heterocycles. The summed E-state index contributed by atoms with van der Waals surface area (Å²) in [5.41, 5.74) is 3.86. The average molecular weight is 216 g/mol. The second-order valence-corrected chi connectivity index (χ2v) is 4.28. The highest BCUT2D eigenvalue weighted by Gasteiger charge is 2.20. The molecule has 1 aliphatic heterocycles. The van der Waals surface area contributed by atoms with Gasteiger partial charge in [-0.25, -0.2) is 0 Å². The number of benzene rings is 1. The normalized spacial score (nSPS) is 15.1. The van der Waals surface area contributed by atoms with Gasteiger partial charge in [-0.3, -0.25) is 0 Å². The van der Waals surface area contributed by atoms with Gasteiger partial charge in [-0.05, 0) is 18.6 Å². The fraction of sp³-hybridized carbons (Fsp3) is 0.385. The molecule has 3 rings (SSSR count). The van der Waals surface area contributed by atoms with Crippen LogP contribution in [0, 0.1) is 6.92 Å². The van der Waals surface area contributed by atoms with E-state index < -0.39 is 0 Å². The molecule has 0 bridgehead atoms. The maximum Gasteiger partial charge on any atom is 0.149 e. The van der Waals surface area contributed by atoms with E-state index in [2.05, 4.69) is 35.0 Å². The molecule has 0 atom stereocenters. The molecular weight excluding hydrogens is 200 g/mol. The summed E-state index contributed by atoms with van der Waals surface area (Å²) in [6.45, 7) is 5.11. The van der Waals surface area contributed by atoms with Crippen LogP contribution in [0.4, 0.5) is 0 Å². The maximum atomic E-state index is 5.59. The monoisotopic (exact) mass is 216 g/mol. The number of aromatic nitrogens is 1. The van der Waals surface area contributed by atoms with Crippen LogP contribution in [-0.2, 0) is 13.1 Å². The van der Waals surface area contributed by atoms with Gasteiger partial charge in [0, 0.05) is 25.0 Å². The minimum atomic E-state index is 0.900. The standard InChI is InChI=1S/C13H16N2O/c1-9-4-3-5-10-12(9)13(16-2)11-8-14-6-7-15(10)11/h3-5,14H,6-8H2,1-2H3. The van der Waals surface area contributed by atoms with Crippen molar-refractivity contribution in [3.63, 3.8) is 0 Å². The zero-order valence-electron chi connectivity index (χ0n) is 9.71. The van der Waals surface area contributed by atoms with Crippen LogP contribution in [0.5, 0.6) is 5.75 Å². The number of hydrogen-bond acceptors (Lipinski definition) is 2. The predicted molar refractivity (Wildman–Crippen MR) is 64.9 cm³/mol. The first kappa shape index (κ1) is 9.73. The number of ether oxygens (including phenoxy) is 1. The Hall–Kier alpha value is -1.48. The lowest BCUT2D eigenvalue weighted by Crippen LogP contribution is -2.27. The van der Waals surface area contributed by atoms with Crippen LogP contribution >= 0.6 is 0 Å². The van der Waals surface area contributed by atoms with Crippen LogP contribution in [0.3, 0.4) is 0 Å². The maximum absolute atomic E-state index is 5.59. The van der Waals surface area contributed by atoms with Gasteiger partial charge in [-0.15, -0.1) is 0 Å². The van der Waals surface area contributed by atoms with E-state index >= 15 is 0 Å². The molecule has 0 radical (unpaired) electrons. The Balaban J connectivity index is 2.42. The second kappa shape index (κ2) is 3.52. The van der Waals surface area contributed by atoms with E-state index in [1.54, 1.807) is 7.11 Å². The third kappa shape index (κ3) is 1.18. The van der Waals surface area contributed by atoms with Crippen LogP contribution in [0.15, 0.2) is 18.2 Å². The van der Waals surface area contributed by atoms with Gasteiger partial charge in [0.15, 0.2) is 0 Å². The Morgan fingerprint density at radius 3 is 3.06 bits per heavy atom. The van der Waals surface area contributed by atoms with Crippen molar-refractivity contribution in [3.8, 4) is 5.75 Å². The minimum absolute atomic E-state index is 0.900. The van der Waals surface area contributed by atoms with Gasteiger partial charge in [0.05, 0.1) is 18.3 Å². The summed E-state index contributed by atoms with van der Waals surface area (Å²) >= 11 is 0. The molecule has 1 aromatic heterocycles. The number of rotatable bonds is 1. The zero-order valence-corrected chi connectivity index (χ0v) is 9.71. The lowest BCUT2D eigenvalue weighted by atomic mass is 10.1. The van der Waals surface area contributed by atoms with Crippen LogP contribution in [0.1, 0.15) is 11.3 Å². The summed E-state index contributed by atoms with van der Waals surface area (Å²) in [5, 5.41) is 4.66. The average Bonchev–Trinajstić information content (AvgIpc) is 2.65. The first-order chi connectivity index (χ1) is 7.83. The van der Waals surface area contributed by atoms with Gasteiger partial charge < -0.3 is 14.6 Å². The summed E-state index contributed by atoms with van der Waals surface area (Å²) < 4.78 is 7.96. The number of nitrogens with zero attached hydrogens (tertiary/aromatic N) is 1. The molecule has 0 saturated carbocycles. The van der Waals surface area contributed by atoms with Crippen LogP contribution in [0.25, 0.3) is 10.9 Å². The summed E-state index contributed by atoms with van der Waals surface area (Å²) in [4.78, 5) is 0. The van der Waals surface area contributed by atoms with Crippen molar-refractivity contribution in [2.75, 3.05) is 13.7 Å². The summed E-state index contributed by atoms with van der Waals surface area (Å²) in [7, 11) is 1.76. The third-order valence-corrected chi connectivity index (χ3v) is 3.37. The Bertz CT molecular complexity index is 542. The van der Waals surface area contributed by atoms with Gasteiger partial charge in [0.1, 0.15) is 5.75 Å². The van der Waals surface area contributed by atoms with Crippen molar-refractivity contribution < 1.29 is 4.74 Å². The van der Waals surface area contributed by atoms with E-state index in [0.717, 1.165) is 25.4 Å². The van der Waals surface area contributed by atoms with Crippen molar-refractivity contribution in [2.24, 2.45) is 0 Å². The molecule has 0 aliphatic carbocycles. The minimum Gasteiger partial charge on any atom is -0.494 e. The fourth-order valence-electron chi connectivity index (χ4n) is 2.63. The molecule has 0 unspecified atom stereocenters. The molecule has 1 N–H and O–H groups in total. The lowest BCUT2D eigenvalue weighted by molar-refractivity contribution is 0.400. The van der Waals surface area contributed by atoms with Crippen LogP contribution < -0.4 is 10.1 Å². The van der Waals surface area contributed by atoms with Crippen molar-refractivity contribution >= 4 is 10.9 Å². The van der Waals surface area contributed by atoms with E-state index in [4.69, 9.17) is 4.74 Å². The van der Waals surface area contributed by atoms with E-state index in [-0.39, 0.29) is 0 Å². The van der Waals surface area contributed by atoms with E-state index in [0.29, 0.717) is 0 Å². The topological polar surface area (TPSA) is 26.2 Å². The number of aryl methyl sites for hydroxylation is 1. The second-order valence-electron chi connectivity index (χ2n) is 4.28. The molecule has 3 heteroatoms. The van der Waals surface area contributed by atoms with Gasteiger partial charge in [0.25, 0.3) is 0 Å². The molecule has 1 aromatic carbocycles. The quantitative estimate of drug-likeness (QED) is 0.789. The molecule has 16 heavy (non-hydrogen) atoms. The Morgan fingerprint density at radius 2 is 2.25 bits per heavy atom. The Morgan fingerprint density at radius 1 is 1.38 bits per heavy atom. The van der Waals surface area contributed by atoms with Crippen LogP contribution in [0.2, 0.25) is 0 Å². The van der Waals surface area contributed by atoms with Gasteiger partial charge >= 0.3 is 0 Å². The zero-order chi connectivity index (χ0) is 11.1.